The van der Waals surface area contributed by atoms with Crippen LogP contribution in [-0.4, -0.2) is 44.0 Å². The van der Waals surface area contributed by atoms with Crippen LogP contribution < -0.4 is 0 Å². The monoisotopic (exact) mass is 226 g/mol. The number of hydrogen-bond donors (Lipinski definition) is 0. The van der Waals surface area contributed by atoms with Gasteiger partial charge < -0.3 is 14.5 Å². The SMILES string of the molecule is CCCOC(=O)N1CCC=C(/C=N\OC)C1. The first-order valence-electron chi connectivity index (χ1n) is 5.45. The molecule has 0 aromatic heterocycles. The van der Waals surface area contributed by atoms with Crippen LogP contribution in [0.3, 0.4) is 0 Å². The summed E-state index contributed by atoms with van der Waals surface area (Å²) in [6, 6.07) is 0. The molecule has 0 saturated heterocycles. The maximum absolute atomic E-state index is 11.6. The van der Waals surface area contributed by atoms with Crippen molar-refractivity contribution in [3.8, 4) is 0 Å². The van der Waals surface area contributed by atoms with Crippen LogP contribution in [0.4, 0.5) is 4.79 Å². The van der Waals surface area contributed by atoms with E-state index in [0.29, 0.717) is 19.7 Å². The molecule has 1 heterocycles. The van der Waals surface area contributed by atoms with Gasteiger partial charge in [-0.15, -0.1) is 0 Å². The molecule has 0 fully saturated rings. The summed E-state index contributed by atoms with van der Waals surface area (Å²) < 4.78 is 5.07. The lowest BCUT2D eigenvalue weighted by Gasteiger charge is -2.25. The van der Waals surface area contributed by atoms with Crippen molar-refractivity contribution in [3.63, 3.8) is 0 Å². The van der Waals surface area contributed by atoms with E-state index in [-0.39, 0.29) is 6.09 Å². The predicted octanol–water partition coefficient (Wildman–Crippen LogP) is 1.80. The predicted molar refractivity (Wildman–Crippen MR) is 61.4 cm³/mol. The van der Waals surface area contributed by atoms with Crippen LogP contribution in [-0.2, 0) is 9.57 Å². The standard InChI is InChI=1S/C11H18N2O3/c1-3-7-16-11(14)13-6-4-5-10(9-13)8-12-15-2/h5,8H,3-4,6-7,9H2,1-2H3/b12-8-. The normalized spacial score (nSPS) is 16.1. The highest BCUT2D eigenvalue weighted by atomic mass is 16.6. The largest absolute Gasteiger partial charge is 0.449 e. The number of rotatable bonds is 4. The molecule has 16 heavy (non-hydrogen) atoms. The van der Waals surface area contributed by atoms with Gasteiger partial charge in [0.2, 0.25) is 0 Å². The van der Waals surface area contributed by atoms with Gasteiger partial charge in [-0.3, -0.25) is 0 Å². The molecule has 0 aromatic rings. The topological polar surface area (TPSA) is 51.1 Å². The Labute approximate surface area is 95.7 Å². The minimum absolute atomic E-state index is 0.252. The van der Waals surface area contributed by atoms with Crippen molar-refractivity contribution >= 4 is 12.3 Å². The number of nitrogens with zero attached hydrogens (tertiary/aromatic N) is 2. The summed E-state index contributed by atoms with van der Waals surface area (Å²) in [4.78, 5) is 17.8. The Morgan fingerprint density at radius 1 is 1.69 bits per heavy atom. The Balaban J connectivity index is 2.44. The third-order valence-electron chi connectivity index (χ3n) is 2.19. The maximum atomic E-state index is 11.6. The summed E-state index contributed by atoms with van der Waals surface area (Å²) in [7, 11) is 1.49. The number of ether oxygens (including phenoxy) is 1. The molecule has 0 bridgehead atoms. The molecule has 90 valence electrons. The molecule has 0 radical (unpaired) electrons. The van der Waals surface area contributed by atoms with Crippen LogP contribution in [0.25, 0.3) is 0 Å². The maximum Gasteiger partial charge on any atom is 0.410 e. The van der Waals surface area contributed by atoms with Gasteiger partial charge in [-0.25, -0.2) is 4.79 Å². The second-order valence-corrected chi connectivity index (χ2v) is 3.52. The first-order chi connectivity index (χ1) is 7.77. The van der Waals surface area contributed by atoms with Crippen LogP contribution in [0.15, 0.2) is 16.8 Å². The van der Waals surface area contributed by atoms with Crippen LogP contribution in [0.5, 0.6) is 0 Å². The second-order valence-electron chi connectivity index (χ2n) is 3.52. The third kappa shape index (κ3) is 3.92. The Bertz CT molecular complexity index is 287. The molecular weight excluding hydrogens is 208 g/mol. The molecule has 0 unspecified atom stereocenters. The van der Waals surface area contributed by atoms with Gasteiger partial charge in [0.05, 0.1) is 19.4 Å². The summed E-state index contributed by atoms with van der Waals surface area (Å²) in [5, 5.41) is 3.68. The van der Waals surface area contributed by atoms with Crippen LogP contribution in [0, 0.1) is 0 Å². The molecule has 0 saturated carbocycles. The zero-order chi connectivity index (χ0) is 11.8. The average Bonchev–Trinajstić information content (AvgIpc) is 2.33. The Morgan fingerprint density at radius 3 is 3.19 bits per heavy atom. The van der Waals surface area contributed by atoms with E-state index in [2.05, 4.69) is 9.99 Å². The van der Waals surface area contributed by atoms with E-state index in [1.54, 1.807) is 11.1 Å². The third-order valence-corrected chi connectivity index (χ3v) is 2.19. The number of amides is 1. The zero-order valence-electron chi connectivity index (χ0n) is 9.81. The average molecular weight is 226 g/mol. The molecule has 0 N–H and O–H groups in total. The number of oxime groups is 1. The number of carbonyl (C=O) groups excluding carboxylic acids is 1. The lowest BCUT2D eigenvalue weighted by molar-refractivity contribution is 0.105. The van der Waals surface area contributed by atoms with Crippen LogP contribution in [0.1, 0.15) is 19.8 Å². The first-order valence-corrected chi connectivity index (χ1v) is 5.45. The summed E-state index contributed by atoms with van der Waals surface area (Å²) in [6.45, 7) is 3.68. The van der Waals surface area contributed by atoms with E-state index in [1.165, 1.54) is 7.11 Å². The molecule has 0 spiro atoms. The highest BCUT2D eigenvalue weighted by Crippen LogP contribution is 2.09. The van der Waals surface area contributed by atoms with E-state index < -0.39 is 0 Å². The summed E-state index contributed by atoms with van der Waals surface area (Å²) in [6.07, 6.45) is 5.09. The van der Waals surface area contributed by atoms with E-state index in [0.717, 1.165) is 18.4 Å². The Morgan fingerprint density at radius 2 is 2.50 bits per heavy atom. The van der Waals surface area contributed by atoms with Crippen molar-refractivity contribution in [2.45, 2.75) is 19.8 Å². The lowest BCUT2D eigenvalue weighted by Crippen LogP contribution is -2.36. The van der Waals surface area contributed by atoms with Crippen LogP contribution in [0.2, 0.25) is 0 Å². The molecule has 5 nitrogen and oxygen atoms in total. The molecule has 5 heteroatoms. The van der Waals surface area contributed by atoms with Gasteiger partial charge in [-0.2, -0.15) is 0 Å². The van der Waals surface area contributed by atoms with E-state index in [9.17, 15) is 4.79 Å². The van der Waals surface area contributed by atoms with Gasteiger partial charge in [0.15, 0.2) is 0 Å². The highest BCUT2D eigenvalue weighted by Gasteiger charge is 2.18. The summed E-state index contributed by atoms with van der Waals surface area (Å²) >= 11 is 0. The van der Waals surface area contributed by atoms with Crippen molar-refractivity contribution in [3.05, 3.63) is 11.6 Å². The fourth-order valence-electron chi connectivity index (χ4n) is 1.42. The van der Waals surface area contributed by atoms with Gasteiger partial charge >= 0.3 is 6.09 Å². The highest BCUT2D eigenvalue weighted by molar-refractivity contribution is 5.80. The van der Waals surface area contributed by atoms with Crippen molar-refractivity contribution < 1.29 is 14.4 Å². The summed E-state index contributed by atoms with van der Waals surface area (Å²) in [5.41, 5.74) is 0.974. The van der Waals surface area contributed by atoms with Gasteiger partial charge in [-0.1, -0.05) is 18.2 Å². The van der Waals surface area contributed by atoms with Crippen molar-refractivity contribution in [1.29, 1.82) is 0 Å². The number of carbonyl (C=O) groups is 1. The molecule has 0 aromatic carbocycles. The zero-order valence-corrected chi connectivity index (χ0v) is 9.81. The van der Waals surface area contributed by atoms with Gasteiger partial charge in [0, 0.05) is 6.54 Å². The molecule has 1 amide bonds. The molecule has 0 aliphatic carbocycles. The Hall–Kier alpha value is -1.52. The molecule has 1 rings (SSSR count). The smallest absolute Gasteiger partial charge is 0.410 e. The fourth-order valence-corrected chi connectivity index (χ4v) is 1.42. The number of hydrogen-bond acceptors (Lipinski definition) is 4. The van der Waals surface area contributed by atoms with Crippen molar-refractivity contribution in [2.24, 2.45) is 5.16 Å². The van der Waals surface area contributed by atoms with Gasteiger partial charge in [-0.05, 0) is 18.4 Å². The molecule has 1 aliphatic heterocycles. The molecular formula is C11H18N2O3. The lowest BCUT2D eigenvalue weighted by atomic mass is 10.1. The Kier molecular flexibility index (Phi) is 5.39. The van der Waals surface area contributed by atoms with Crippen LogP contribution >= 0.6 is 0 Å². The first kappa shape index (κ1) is 12.5. The van der Waals surface area contributed by atoms with Crippen molar-refractivity contribution in [1.82, 2.24) is 4.90 Å². The minimum atomic E-state index is -0.252. The minimum Gasteiger partial charge on any atom is -0.449 e. The van der Waals surface area contributed by atoms with Gasteiger partial charge in [0.1, 0.15) is 7.11 Å². The fraction of sp³-hybridized carbons (Fsp3) is 0.636. The second kappa shape index (κ2) is 6.87. The van der Waals surface area contributed by atoms with Gasteiger partial charge in [0.25, 0.3) is 0 Å². The quantitative estimate of drug-likeness (QED) is 0.542. The van der Waals surface area contributed by atoms with E-state index in [4.69, 9.17) is 4.74 Å². The molecule has 1 aliphatic rings. The summed E-state index contributed by atoms with van der Waals surface area (Å²) in [5.74, 6) is 0. The van der Waals surface area contributed by atoms with Crippen molar-refractivity contribution in [2.75, 3.05) is 26.8 Å². The molecule has 0 atom stereocenters. The van der Waals surface area contributed by atoms with E-state index in [1.807, 2.05) is 13.0 Å². The van der Waals surface area contributed by atoms with E-state index >= 15 is 0 Å².